The van der Waals surface area contributed by atoms with Gasteiger partial charge in [0.25, 0.3) is 0 Å². The molecule has 2 aromatic rings. The van der Waals surface area contributed by atoms with Crippen LogP contribution in [0.15, 0.2) is 54.6 Å². The summed E-state index contributed by atoms with van der Waals surface area (Å²) in [6.07, 6.45) is 7.00. The van der Waals surface area contributed by atoms with Crippen LogP contribution < -0.4 is 10.6 Å². The number of nitrogens with one attached hydrogen (secondary N) is 2. The van der Waals surface area contributed by atoms with Gasteiger partial charge in [-0.1, -0.05) is 61.7 Å². The zero-order valence-electron chi connectivity index (χ0n) is 27.7. The van der Waals surface area contributed by atoms with Crippen LogP contribution in [0.2, 0.25) is 0 Å². The lowest BCUT2D eigenvalue weighted by Crippen LogP contribution is -2.60. The highest BCUT2D eigenvalue weighted by molar-refractivity contribution is 5.90. The van der Waals surface area contributed by atoms with Gasteiger partial charge in [-0.3, -0.25) is 19.3 Å². The first kappa shape index (κ1) is 34.0. The molecule has 250 valence electrons. The summed E-state index contributed by atoms with van der Waals surface area (Å²) in [5.74, 6) is -0.370. The third-order valence-corrected chi connectivity index (χ3v) is 10.0. The van der Waals surface area contributed by atoms with E-state index in [1.807, 2.05) is 56.0 Å². The molecule has 2 unspecified atom stereocenters. The van der Waals surface area contributed by atoms with E-state index in [2.05, 4.69) is 15.5 Å². The Morgan fingerprint density at radius 1 is 0.935 bits per heavy atom. The van der Waals surface area contributed by atoms with Crippen molar-refractivity contribution in [2.45, 2.75) is 96.3 Å². The van der Waals surface area contributed by atoms with E-state index < -0.39 is 17.5 Å². The Morgan fingerprint density at radius 3 is 2.26 bits per heavy atom. The summed E-state index contributed by atoms with van der Waals surface area (Å²) in [6.45, 7) is 8.93. The molecule has 8 nitrogen and oxygen atoms in total. The first-order valence-corrected chi connectivity index (χ1v) is 17.1. The number of benzene rings is 2. The van der Waals surface area contributed by atoms with Crippen molar-refractivity contribution in [3.8, 4) is 0 Å². The summed E-state index contributed by atoms with van der Waals surface area (Å²) >= 11 is 0. The van der Waals surface area contributed by atoms with Crippen molar-refractivity contribution in [2.24, 2.45) is 11.3 Å². The predicted molar refractivity (Wildman–Crippen MR) is 176 cm³/mol. The molecule has 2 saturated heterocycles. The zero-order chi connectivity index (χ0) is 32.7. The fraction of sp³-hybridized carbons (Fsp3) is 0.595. The molecular weight excluding hydrogens is 583 g/mol. The fourth-order valence-electron chi connectivity index (χ4n) is 7.50. The van der Waals surface area contributed by atoms with Gasteiger partial charge in [0.2, 0.25) is 17.7 Å². The maximum absolute atomic E-state index is 14.2. The number of rotatable bonds is 9. The van der Waals surface area contributed by atoms with Gasteiger partial charge < -0.3 is 20.3 Å². The largest absolute Gasteiger partial charge is 0.378 e. The van der Waals surface area contributed by atoms with Gasteiger partial charge in [-0.2, -0.15) is 0 Å². The lowest BCUT2D eigenvalue weighted by Gasteiger charge is -2.48. The number of carbonyl (C=O) groups is 3. The van der Waals surface area contributed by atoms with Gasteiger partial charge in [-0.25, -0.2) is 4.39 Å². The molecule has 0 radical (unpaired) electrons. The summed E-state index contributed by atoms with van der Waals surface area (Å²) in [4.78, 5) is 45.9. The van der Waals surface area contributed by atoms with E-state index in [-0.39, 0.29) is 42.1 Å². The number of hydrogen-bond donors (Lipinski definition) is 2. The summed E-state index contributed by atoms with van der Waals surface area (Å²) in [5.41, 5.74) is 1.02. The summed E-state index contributed by atoms with van der Waals surface area (Å²) in [5, 5.41) is 6.34. The Kier molecular flexibility index (Phi) is 11.2. The highest BCUT2D eigenvalue weighted by Gasteiger charge is 2.49. The molecule has 2 aromatic carbocycles. The molecule has 0 aromatic heterocycles. The van der Waals surface area contributed by atoms with Gasteiger partial charge in [0.05, 0.1) is 18.6 Å². The van der Waals surface area contributed by atoms with Crippen molar-refractivity contribution in [3.63, 3.8) is 0 Å². The molecule has 3 aliphatic rings. The molecule has 1 saturated carbocycles. The molecule has 9 heteroatoms. The molecule has 2 atom stereocenters. The van der Waals surface area contributed by atoms with E-state index in [0.717, 1.165) is 36.8 Å². The van der Waals surface area contributed by atoms with Gasteiger partial charge in [-0.15, -0.1) is 0 Å². The van der Waals surface area contributed by atoms with Crippen molar-refractivity contribution in [1.29, 1.82) is 0 Å². The van der Waals surface area contributed by atoms with Gasteiger partial charge >= 0.3 is 0 Å². The second-order valence-corrected chi connectivity index (χ2v) is 14.5. The molecule has 3 fully saturated rings. The normalized spacial score (nSPS) is 21.7. The van der Waals surface area contributed by atoms with Gasteiger partial charge in [0, 0.05) is 38.1 Å². The highest BCUT2D eigenvalue weighted by Crippen LogP contribution is 2.46. The van der Waals surface area contributed by atoms with Gasteiger partial charge in [0.15, 0.2) is 0 Å². The number of halogens is 1. The molecule has 3 amide bonds. The highest BCUT2D eigenvalue weighted by atomic mass is 19.1. The van der Waals surface area contributed by atoms with E-state index in [1.54, 1.807) is 12.1 Å². The average Bonchev–Trinajstić information content (AvgIpc) is 3.05. The van der Waals surface area contributed by atoms with Crippen molar-refractivity contribution in [2.75, 3.05) is 32.8 Å². The predicted octanol–water partition coefficient (Wildman–Crippen LogP) is 4.86. The van der Waals surface area contributed by atoms with Crippen molar-refractivity contribution in [1.82, 2.24) is 20.4 Å². The number of ether oxygens (including phenoxy) is 1. The Balaban J connectivity index is 1.32. The Labute approximate surface area is 273 Å². The molecule has 2 aliphatic heterocycles. The van der Waals surface area contributed by atoms with Crippen LogP contribution >= 0.6 is 0 Å². The second kappa shape index (κ2) is 15.1. The van der Waals surface area contributed by atoms with Crippen molar-refractivity contribution >= 4 is 17.7 Å². The fourth-order valence-corrected chi connectivity index (χ4v) is 7.50. The standard InChI is InChI=1S/C37H51FN4O4/c1-36(2,3)40-35(45)37(29-12-8-5-9-13-29)18-20-41(21-19-37)34(44)31(24-27-14-16-30(38)17-15-27)39-33(43)32-26-46-23-22-42(32)25-28-10-6-4-7-11-28/h4,6-7,10-11,14-17,29,31-32H,5,8-9,12-13,18-26H2,1-3H3,(H,39,43)(H,40,45). The molecule has 5 rings (SSSR count). The van der Waals surface area contributed by atoms with E-state index >= 15 is 0 Å². The Bertz CT molecular complexity index is 1320. The zero-order valence-corrected chi connectivity index (χ0v) is 27.7. The quantitative estimate of drug-likeness (QED) is 0.412. The van der Waals surface area contributed by atoms with E-state index in [1.165, 1.54) is 18.6 Å². The minimum Gasteiger partial charge on any atom is -0.378 e. The van der Waals surface area contributed by atoms with Crippen LogP contribution in [0.25, 0.3) is 0 Å². The van der Waals surface area contributed by atoms with Crippen LogP contribution in [-0.4, -0.2) is 78.0 Å². The van der Waals surface area contributed by atoms with Crippen LogP contribution in [-0.2, 0) is 32.1 Å². The first-order chi connectivity index (χ1) is 22.0. The summed E-state index contributed by atoms with van der Waals surface area (Å²) in [7, 11) is 0. The number of hydrogen-bond acceptors (Lipinski definition) is 5. The van der Waals surface area contributed by atoms with Crippen LogP contribution in [0, 0.1) is 17.2 Å². The van der Waals surface area contributed by atoms with E-state index in [4.69, 9.17) is 4.74 Å². The van der Waals surface area contributed by atoms with Crippen molar-refractivity contribution in [3.05, 3.63) is 71.5 Å². The Morgan fingerprint density at radius 2 is 1.61 bits per heavy atom. The van der Waals surface area contributed by atoms with Gasteiger partial charge in [-0.05, 0) is 75.6 Å². The van der Waals surface area contributed by atoms with Crippen LogP contribution in [0.3, 0.4) is 0 Å². The van der Waals surface area contributed by atoms with Crippen LogP contribution in [0.4, 0.5) is 4.39 Å². The molecule has 2 heterocycles. The SMILES string of the molecule is CC(C)(C)NC(=O)C1(C2CCCCC2)CCN(C(=O)C(Cc2ccc(F)cc2)NC(=O)C2COCCN2Cc2ccccc2)CC1. The first-order valence-electron chi connectivity index (χ1n) is 17.1. The number of nitrogens with zero attached hydrogens (tertiary/aromatic N) is 2. The number of piperidine rings is 1. The molecule has 2 N–H and O–H groups in total. The number of morpholine rings is 1. The Hall–Kier alpha value is -3.30. The molecule has 0 bridgehead atoms. The summed E-state index contributed by atoms with van der Waals surface area (Å²) < 4.78 is 19.5. The minimum atomic E-state index is -0.830. The monoisotopic (exact) mass is 634 g/mol. The molecule has 46 heavy (non-hydrogen) atoms. The second-order valence-electron chi connectivity index (χ2n) is 14.5. The third kappa shape index (κ3) is 8.53. The topological polar surface area (TPSA) is 91.0 Å². The van der Waals surface area contributed by atoms with Crippen LogP contribution in [0.5, 0.6) is 0 Å². The number of carbonyl (C=O) groups excluding carboxylic acids is 3. The van der Waals surface area contributed by atoms with Gasteiger partial charge in [0.1, 0.15) is 17.9 Å². The molecule has 0 spiro atoms. The van der Waals surface area contributed by atoms with E-state index in [0.29, 0.717) is 51.5 Å². The average molecular weight is 635 g/mol. The number of amides is 3. The van der Waals surface area contributed by atoms with Crippen LogP contribution in [0.1, 0.15) is 76.8 Å². The molecular formula is C37H51FN4O4. The smallest absolute Gasteiger partial charge is 0.245 e. The minimum absolute atomic E-state index is 0.103. The maximum atomic E-state index is 14.2. The van der Waals surface area contributed by atoms with Crippen molar-refractivity contribution < 1.29 is 23.5 Å². The van der Waals surface area contributed by atoms with E-state index in [9.17, 15) is 18.8 Å². The lowest BCUT2D eigenvalue weighted by atomic mass is 9.63. The molecule has 1 aliphatic carbocycles. The number of likely N-dealkylation sites (tertiary alicyclic amines) is 1. The lowest BCUT2D eigenvalue weighted by molar-refractivity contribution is -0.148. The third-order valence-electron chi connectivity index (χ3n) is 10.0. The maximum Gasteiger partial charge on any atom is 0.245 e. The summed E-state index contributed by atoms with van der Waals surface area (Å²) in [6, 6.07) is 14.7.